The molecule has 5 nitrogen and oxygen atoms in total. The number of ether oxygens (including phenoxy) is 1. The molecule has 2 aromatic carbocycles. The predicted molar refractivity (Wildman–Crippen MR) is 115 cm³/mol. The van der Waals surface area contributed by atoms with Crippen LogP contribution < -0.4 is 9.64 Å². The van der Waals surface area contributed by atoms with Crippen LogP contribution in [0.4, 0.5) is 5.69 Å². The first-order valence-electron chi connectivity index (χ1n) is 10.6. The Morgan fingerprint density at radius 2 is 1.48 bits per heavy atom. The predicted octanol–water partition coefficient (Wildman–Crippen LogP) is 4.16. The Morgan fingerprint density at radius 1 is 0.903 bits per heavy atom. The summed E-state index contributed by atoms with van der Waals surface area (Å²) in [5.74, 6) is 1.37. The molecule has 0 radical (unpaired) electrons. The number of benzene rings is 2. The van der Waals surface area contributed by atoms with E-state index in [1.54, 1.807) is 48.5 Å². The number of hydrogen-bond acceptors (Lipinski definition) is 4. The van der Waals surface area contributed by atoms with Crippen LogP contribution in [0.15, 0.2) is 60.7 Å². The zero-order chi connectivity index (χ0) is 21.3. The molecule has 1 saturated heterocycles. The maximum absolute atomic E-state index is 13.2. The van der Waals surface area contributed by atoms with Crippen LogP contribution in [0.5, 0.6) is 5.75 Å². The molecule has 0 N–H and O–H groups in total. The Hall–Kier alpha value is -2.92. The van der Waals surface area contributed by atoms with Crippen LogP contribution in [0.25, 0.3) is 0 Å². The smallest absolute Gasteiger partial charge is 0.238 e. The molecule has 1 aliphatic heterocycles. The molecule has 6 heteroatoms. The fourth-order valence-corrected chi connectivity index (χ4v) is 5.90. The topological polar surface area (TPSA) is 63.7 Å². The largest absolute Gasteiger partial charge is 0.485 e. The minimum absolute atomic E-state index is 0.0775. The van der Waals surface area contributed by atoms with E-state index in [9.17, 15) is 14.4 Å². The molecular weight excluding hydrogens is 414 g/mol. The van der Waals surface area contributed by atoms with E-state index in [0.717, 1.165) is 6.42 Å². The van der Waals surface area contributed by atoms with Crippen molar-refractivity contribution in [3.63, 3.8) is 0 Å². The summed E-state index contributed by atoms with van der Waals surface area (Å²) in [6, 6.07) is 13.5. The average molecular weight is 434 g/mol. The first-order valence-corrected chi connectivity index (χ1v) is 11.0. The van der Waals surface area contributed by atoms with Gasteiger partial charge < -0.3 is 4.74 Å². The zero-order valence-electron chi connectivity index (χ0n) is 16.6. The van der Waals surface area contributed by atoms with Gasteiger partial charge in [0.25, 0.3) is 0 Å². The zero-order valence-corrected chi connectivity index (χ0v) is 17.4. The van der Waals surface area contributed by atoms with E-state index in [1.165, 1.54) is 4.90 Å². The third kappa shape index (κ3) is 2.87. The molecule has 2 saturated carbocycles. The summed E-state index contributed by atoms with van der Waals surface area (Å²) >= 11 is 5.85. The molecule has 0 unspecified atom stereocenters. The van der Waals surface area contributed by atoms with Gasteiger partial charge in [-0.25, -0.2) is 0 Å². The van der Waals surface area contributed by atoms with Crippen molar-refractivity contribution in [3.8, 4) is 5.75 Å². The van der Waals surface area contributed by atoms with Gasteiger partial charge in [-0.3, -0.25) is 19.3 Å². The van der Waals surface area contributed by atoms with Crippen molar-refractivity contribution >= 4 is 34.9 Å². The molecular formula is C25H20ClNO4. The van der Waals surface area contributed by atoms with E-state index in [1.807, 2.05) is 0 Å². The fourth-order valence-electron chi connectivity index (χ4n) is 5.77. The van der Waals surface area contributed by atoms with E-state index in [-0.39, 0.29) is 47.9 Å². The van der Waals surface area contributed by atoms with Gasteiger partial charge in [0.2, 0.25) is 11.8 Å². The number of ketones is 1. The summed E-state index contributed by atoms with van der Waals surface area (Å²) in [7, 11) is 0. The first kappa shape index (κ1) is 18.8. The van der Waals surface area contributed by atoms with Gasteiger partial charge in [-0.1, -0.05) is 23.8 Å². The van der Waals surface area contributed by atoms with Crippen LogP contribution in [0.3, 0.4) is 0 Å². The van der Waals surface area contributed by atoms with Crippen molar-refractivity contribution in [2.75, 3.05) is 11.5 Å². The number of Topliss-reactive ketones (excluding diaryl/α,β-unsaturated/α-hetero) is 1. The van der Waals surface area contributed by atoms with Gasteiger partial charge in [0.15, 0.2) is 12.4 Å². The number of nitrogens with zero attached hydrogens (tertiary/aromatic N) is 1. The molecule has 2 bridgehead atoms. The molecule has 7 rings (SSSR count). The number of carbonyl (C=O) groups is 3. The molecule has 5 aliphatic rings. The lowest BCUT2D eigenvalue weighted by Crippen LogP contribution is -2.40. The maximum atomic E-state index is 13.2. The van der Waals surface area contributed by atoms with Crippen LogP contribution in [0.2, 0.25) is 5.02 Å². The minimum Gasteiger partial charge on any atom is -0.485 e. The lowest BCUT2D eigenvalue weighted by atomic mass is 9.63. The molecule has 1 heterocycles. The second kappa shape index (κ2) is 6.79. The number of allylic oxidation sites excluding steroid dienone is 2. The van der Waals surface area contributed by atoms with Crippen LogP contribution in [0, 0.1) is 35.5 Å². The quantitative estimate of drug-likeness (QED) is 0.403. The monoisotopic (exact) mass is 433 g/mol. The number of anilines is 1. The summed E-state index contributed by atoms with van der Waals surface area (Å²) in [5, 5.41) is 0.569. The van der Waals surface area contributed by atoms with E-state index < -0.39 is 0 Å². The molecule has 4 aliphatic carbocycles. The Balaban J connectivity index is 1.16. The summed E-state index contributed by atoms with van der Waals surface area (Å²) < 4.78 is 5.60. The van der Waals surface area contributed by atoms with Gasteiger partial charge in [-0.15, -0.1) is 0 Å². The van der Waals surface area contributed by atoms with Crippen molar-refractivity contribution in [1.82, 2.24) is 0 Å². The summed E-state index contributed by atoms with van der Waals surface area (Å²) in [5.41, 5.74) is 1.09. The number of hydrogen-bond donors (Lipinski definition) is 0. The third-order valence-electron chi connectivity index (χ3n) is 7.29. The summed E-state index contributed by atoms with van der Waals surface area (Å²) in [6.07, 6.45) is 5.49. The first-order chi connectivity index (χ1) is 15.0. The van der Waals surface area contributed by atoms with Gasteiger partial charge in [-0.2, -0.15) is 0 Å². The minimum atomic E-state index is -0.209. The Morgan fingerprint density at radius 3 is 2.06 bits per heavy atom. The summed E-state index contributed by atoms with van der Waals surface area (Å²) in [4.78, 5) is 40.0. The number of rotatable bonds is 5. The lowest BCUT2D eigenvalue weighted by Gasteiger charge is -2.37. The number of imide groups is 1. The van der Waals surface area contributed by atoms with Gasteiger partial charge in [0.05, 0.1) is 17.5 Å². The molecule has 2 aromatic rings. The molecule has 2 amide bonds. The SMILES string of the molecule is O=C(COc1ccc(N2C(=O)[C@@H]3[C@@H]4C=C[C@H]([C@@H]5C[C@H]45)[C@H]3C2=O)cc1)c1ccc(Cl)cc1. The number of carbonyl (C=O) groups excluding carboxylic acids is 3. The normalized spacial score (nSPS) is 32.1. The van der Waals surface area contributed by atoms with E-state index >= 15 is 0 Å². The number of halogens is 1. The van der Waals surface area contributed by atoms with Crippen molar-refractivity contribution in [2.45, 2.75) is 6.42 Å². The molecule has 156 valence electrons. The Kier molecular flexibility index (Phi) is 4.12. The second-order valence-corrected chi connectivity index (χ2v) is 9.32. The highest BCUT2D eigenvalue weighted by molar-refractivity contribution is 6.30. The molecule has 31 heavy (non-hydrogen) atoms. The van der Waals surface area contributed by atoms with Crippen molar-refractivity contribution in [3.05, 3.63) is 71.3 Å². The van der Waals surface area contributed by atoms with Crippen LogP contribution in [-0.4, -0.2) is 24.2 Å². The lowest BCUT2D eigenvalue weighted by molar-refractivity contribution is -0.124. The third-order valence-corrected chi connectivity index (χ3v) is 7.55. The van der Waals surface area contributed by atoms with E-state index in [2.05, 4.69) is 12.2 Å². The Bertz CT molecular complexity index is 1090. The average Bonchev–Trinajstić information content (AvgIpc) is 3.56. The molecule has 3 fully saturated rings. The molecule has 0 aromatic heterocycles. The van der Waals surface area contributed by atoms with Crippen molar-refractivity contribution < 1.29 is 19.1 Å². The highest BCUT2D eigenvalue weighted by atomic mass is 35.5. The van der Waals surface area contributed by atoms with Crippen molar-refractivity contribution in [1.29, 1.82) is 0 Å². The second-order valence-electron chi connectivity index (χ2n) is 8.88. The van der Waals surface area contributed by atoms with E-state index in [0.29, 0.717) is 33.9 Å². The van der Waals surface area contributed by atoms with E-state index in [4.69, 9.17) is 16.3 Å². The fraction of sp³-hybridized carbons (Fsp3) is 0.320. The maximum Gasteiger partial charge on any atom is 0.238 e. The highest BCUT2D eigenvalue weighted by Gasteiger charge is 2.67. The van der Waals surface area contributed by atoms with Crippen LogP contribution in [-0.2, 0) is 9.59 Å². The Labute approximate surface area is 184 Å². The highest BCUT2D eigenvalue weighted by Crippen LogP contribution is 2.65. The van der Waals surface area contributed by atoms with Gasteiger partial charge in [0.1, 0.15) is 5.75 Å². The van der Waals surface area contributed by atoms with Gasteiger partial charge in [0, 0.05) is 10.6 Å². The number of amides is 2. The van der Waals surface area contributed by atoms with Gasteiger partial charge in [-0.05, 0) is 78.6 Å². The van der Waals surface area contributed by atoms with Crippen molar-refractivity contribution in [2.24, 2.45) is 35.5 Å². The van der Waals surface area contributed by atoms with Gasteiger partial charge >= 0.3 is 0 Å². The molecule has 0 spiro atoms. The van der Waals surface area contributed by atoms with Crippen LogP contribution in [0.1, 0.15) is 16.8 Å². The molecule has 6 atom stereocenters. The standard InChI is InChI=1S/C25H20ClNO4/c26-14-3-1-13(2-4-14)21(28)12-31-16-7-5-15(6-8-16)27-24(29)22-17-9-10-18(20-11-19(17)20)23(22)25(27)30/h1-10,17-20,22-23H,11-12H2/t17-,18-,19-,20+,22-,23-/m1/s1. The summed E-state index contributed by atoms with van der Waals surface area (Å²) in [6.45, 7) is -0.107. The van der Waals surface area contributed by atoms with Crippen LogP contribution >= 0.6 is 11.6 Å².